The molecule has 0 saturated heterocycles. The third-order valence-electron chi connectivity index (χ3n) is 5.02. The van der Waals surface area contributed by atoms with Crippen LogP contribution in [0.1, 0.15) is 58.4 Å². The van der Waals surface area contributed by atoms with Gasteiger partial charge in [0.1, 0.15) is 0 Å². The van der Waals surface area contributed by atoms with E-state index in [9.17, 15) is 9.59 Å². The Bertz CT molecular complexity index is 873. The van der Waals surface area contributed by atoms with Crippen LogP contribution in [0.4, 0.5) is 0 Å². The molecule has 5 heteroatoms. The van der Waals surface area contributed by atoms with Gasteiger partial charge in [0.25, 0.3) is 0 Å². The van der Waals surface area contributed by atoms with Gasteiger partial charge in [-0.05, 0) is 68.1 Å². The Morgan fingerprint density at radius 2 is 1.54 bits per heavy atom. The molecule has 5 nitrogen and oxygen atoms in total. The lowest BCUT2D eigenvalue weighted by atomic mass is 10.00. The molecular formula is C23H29NO4. The molecule has 1 N–H and O–H groups in total. The predicted octanol–water partition coefficient (Wildman–Crippen LogP) is 4.47. The fourth-order valence-electron chi connectivity index (χ4n) is 3.14. The number of Topliss-reactive ketones (excluding diaryl/α,β-unsaturated/α-hetero) is 1. The van der Waals surface area contributed by atoms with Crippen molar-refractivity contribution in [3.8, 4) is 11.5 Å². The predicted molar refractivity (Wildman–Crippen MR) is 110 cm³/mol. The lowest BCUT2D eigenvalue weighted by Crippen LogP contribution is -2.27. The summed E-state index contributed by atoms with van der Waals surface area (Å²) in [4.78, 5) is 24.7. The zero-order chi connectivity index (χ0) is 20.8. The van der Waals surface area contributed by atoms with Gasteiger partial charge >= 0.3 is 0 Å². The van der Waals surface area contributed by atoms with Gasteiger partial charge in [-0.25, -0.2) is 0 Å². The smallest absolute Gasteiger partial charge is 0.220 e. The number of benzene rings is 2. The normalized spacial score (nSPS) is 11.6. The van der Waals surface area contributed by atoms with Crippen molar-refractivity contribution in [2.75, 3.05) is 14.2 Å². The molecule has 150 valence electrons. The van der Waals surface area contributed by atoms with Crippen LogP contribution in [0, 0.1) is 20.8 Å². The molecule has 0 radical (unpaired) electrons. The maximum absolute atomic E-state index is 12.4. The van der Waals surface area contributed by atoms with Crippen LogP contribution in [-0.4, -0.2) is 25.9 Å². The number of carbonyl (C=O) groups excluding carboxylic acids is 2. The summed E-state index contributed by atoms with van der Waals surface area (Å²) in [6.45, 7) is 7.86. The van der Waals surface area contributed by atoms with Crippen molar-refractivity contribution < 1.29 is 19.1 Å². The summed E-state index contributed by atoms with van der Waals surface area (Å²) in [5, 5.41) is 2.97. The van der Waals surface area contributed by atoms with Gasteiger partial charge in [0.05, 0.1) is 20.3 Å². The van der Waals surface area contributed by atoms with Crippen molar-refractivity contribution in [3.05, 3.63) is 58.1 Å². The van der Waals surface area contributed by atoms with Gasteiger partial charge in [0.15, 0.2) is 17.3 Å². The summed E-state index contributed by atoms with van der Waals surface area (Å²) in [6, 6.07) is 9.19. The first-order valence-corrected chi connectivity index (χ1v) is 9.39. The van der Waals surface area contributed by atoms with Crippen molar-refractivity contribution in [1.82, 2.24) is 5.32 Å². The summed E-state index contributed by atoms with van der Waals surface area (Å²) in [5.41, 5.74) is 4.82. The average Bonchev–Trinajstić information content (AvgIpc) is 2.67. The SMILES string of the molecule is COc1cc(C)c(C(C)NC(=O)CCC(=O)c2ccc(C)c(C)c2)cc1OC. The highest BCUT2D eigenvalue weighted by Crippen LogP contribution is 2.32. The zero-order valence-corrected chi connectivity index (χ0v) is 17.5. The molecule has 0 fully saturated rings. The lowest BCUT2D eigenvalue weighted by molar-refractivity contribution is -0.121. The first-order valence-electron chi connectivity index (χ1n) is 9.39. The van der Waals surface area contributed by atoms with Crippen LogP contribution in [0.2, 0.25) is 0 Å². The second-order valence-corrected chi connectivity index (χ2v) is 7.08. The number of carbonyl (C=O) groups is 2. The molecule has 0 saturated carbocycles. The molecule has 28 heavy (non-hydrogen) atoms. The minimum Gasteiger partial charge on any atom is -0.493 e. The molecule has 1 unspecified atom stereocenters. The van der Waals surface area contributed by atoms with Crippen LogP contribution in [0.15, 0.2) is 30.3 Å². The summed E-state index contributed by atoms with van der Waals surface area (Å²) >= 11 is 0. The number of methoxy groups -OCH3 is 2. The van der Waals surface area contributed by atoms with E-state index in [0.717, 1.165) is 22.3 Å². The monoisotopic (exact) mass is 383 g/mol. The van der Waals surface area contributed by atoms with Gasteiger partial charge in [0.2, 0.25) is 5.91 Å². The Labute approximate surface area is 167 Å². The maximum Gasteiger partial charge on any atom is 0.220 e. The summed E-state index contributed by atoms with van der Waals surface area (Å²) < 4.78 is 10.7. The van der Waals surface area contributed by atoms with Crippen molar-refractivity contribution in [2.45, 2.75) is 46.6 Å². The van der Waals surface area contributed by atoms with Crippen molar-refractivity contribution in [2.24, 2.45) is 0 Å². The number of ether oxygens (including phenoxy) is 2. The van der Waals surface area contributed by atoms with E-state index >= 15 is 0 Å². The van der Waals surface area contributed by atoms with E-state index in [2.05, 4.69) is 5.32 Å². The Hall–Kier alpha value is -2.82. The summed E-state index contributed by atoms with van der Waals surface area (Å²) in [5.74, 6) is 1.10. The molecule has 0 aliphatic heterocycles. The maximum atomic E-state index is 12.4. The van der Waals surface area contributed by atoms with Gasteiger partial charge in [-0.15, -0.1) is 0 Å². The van der Waals surface area contributed by atoms with E-state index in [1.807, 2.05) is 58.0 Å². The molecule has 0 aromatic heterocycles. The third kappa shape index (κ3) is 5.12. The lowest BCUT2D eigenvalue weighted by Gasteiger charge is -2.19. The van der Waals surface area contributed by atoms with Crippen molar-refractivity contribution in [1.29, 1.82) is 0 Å². The van der Waals surface area contributed by atoms with Crippen LogP contribution in [0.25, 0.3) is 0 Å². The Morgan fingerprint density at radius 3 is 2.14 bits per heavy atom. The Morgan fingerprint density at radius 1 is 0.893 bits per heavy atom. The molecule has 0 aliphatic carbocycles. The van der Waals surface area contributed by atoms with Gasteiger partial charge in [-0.2, -0.15) is 0 Å². The first-order chi connectivity index (χ1) is 13.3. The van der Waals surface area contributed by atoms with Crippen LogP contribution in [0.5, 0.6) is 11.5 Å². The zero-order valence-electron chi connectivity index (χ0n) is 17.5. The third-order valence-corrected chi connectivity index (χ3v) is 5.02. The van der Waals surface area contributed by atoms with E-state index in [-0.39, 0.29) is 30.6 Å². The molecule has 2 aromatic rings. The standard InChI is InChI=1S/C23H29NO4/c1-14-7-8-18(11-15(14)2)20(25)9-10-23(26)24-17(4)19-13-22(28-6)21(27-5)12-16(19)3/h7-8,11-13,17H,9-10H2,1-6H3,(H,24,26). The minimum atomic E-state index is -0.205. The molecular weight excluding hydrogens is 354 g/mol. The number of amides is 1. The Balaban J connectivity index is 1.99. The quantitative estimate of drug-likeness (QED) is 0.683. The fraction of sp³-hybridized carbons (Fsp3) is 0.391. The molecule has 0 bridgehead atoms. The van der Waals surface area contributed by atoms with Crippen molar-refractivity contribution in [3.63, 3.8) is 0 Å². The van der Waals surface area contributed by atoms with E-state index < -0.39 is 0 Å². The molecule has 1 atom stereocenters. The molecule has 1 amide bonds. The first kappa shape index (κ1) is 21.5. The largest absolute Gasteiger partial charge is 0.493 e. The Kier molecular flexibility index (Phi) is 7.21. The molecule has 0 spiro atoms. The number of aryl methyl sites for hydroxylation is 3. The fourth-order valence-corrected chi connectivity index (χ4v) is 3.14. The van der Waals surface area contributed by atoms with Crippen LogP contribution < -0.4 is 14.8 Å². The van der Waals surface area contributed by atoms with Crippen LogP contribution >= 0.6 is 0 Å². The van der Waals surface area contributed by atoms with Gasteiger partial charge < -0.3 is 14.8 Å². The van der Waals surface area contributed by atoms with Crippen LogP contribution in [-0.2, 0) is 4.79 Å². The number of ketones is 1. The highest BCUT2D eigenvalue weighted by Gasteiger charge is 2.17. The second-order valence-electron chi connectivity index (χ2n) is 7.08. The minimum absolute atomic E-state index is 0.0202. The summed E-state index contributed by atoms with van der Waals surface area (Å²) in [7, 11) is 3.17. The average molecular weight is 383 g/mol. The van der Waals surface area contributed by atoms with Gasteiger partial charge in [0, 0.05) is 18.4 Å². The highest BCUT2D eigenvalue weighted by molar-refractivity contribution is 5.98. The number of nitrogens with one attached hydrogen (secondary N) is 1. The highest BCUT2D eigenvalue weighted by atomic mass is 16.5. The molecule has 0 heterocycles. The second kappa shape index (κ2) is 9.40. The molecule has 2 aromatic carbocycles. The molecule has 2 rings (SSSR count). The van der Waals surface area contributed by atoms with Crippen LogP contribution in [0.3, 0.4) is 0 Å². The topological polar surface area (TPSA) is 64.6 Å². The molecule has 0 aliphatic rings. The van der Waals surface area contributed by atoms with Gasteiger partial charge in [-0.3, -0.25) is 9.59 Å². The van der Waals surface area contributed by atoms with E-state index in [4.69, 9.17) is 9.47 Å². The van der Waals surface area contributed by atoms with E-state index in [1.165, 1.54) is 0 Å². The number of rotatable bonds is 8. The van der Waals surface area contributed by atoms with E-state index in [0.29, 0.717) is 17.1 Å². The van der Waals surface area contributed by atoms with E-state index in [1.54, 1.807) is 14.2 Å². The number of hydrogen-bond acceptors (Lipinski definition) is 4. The summed E-state index contributed by atoms with van der Waals surface area (Å²) in [6.07, 6.45) is 0.342. The van der Waals surface area contributed by atoms with Gasteiger partial charge in [-0.1, -0.05) is 12.1 Å². The number of hydrogen-bond donors (Lipinski definition) is 1. The van der Waals surface area contributed by atoms with Crippen molar-refractivity contribution >= 4 is 11.7 Å².